The van der Waals surface area contributed by atoms with E-state index < -0.39 is 18.2 Å². The number of aliphatic carboxylic acids is 1. The van der Waals surface area contributed by atoms with Crippen LogP contribution in [0.1, 0.15) is 31.4 Å². The first-order valence-corrected chi connectivity index (χ1v) is 11.6. The summed E-state index contributed by atoms with van der Waals surface area (Å²) < 4.78 is 6.62. The second-order valence-corrected chi connectivity index (χ2v) is 8.80. The number of allylic oxidation sites excluding steroid dienone is 1. The molecule has 0 saturated heterocycles. The fraction of sp³-hybridized carbons (Fsp3) is 0.273. The molecule has 6 nitrogen and oxygen atoms in total. The molecular weight excluding hydrogens is 517 g/mol. The van der Waals surface area contributed by atoms with Crippen molar-refractivity contribution in [3.63, 3.8) is 0 Å². The third-order valence-electron chi connectivity index (χ3n) is 4.43. The van der Waals surface area contributed by atoms with Gasteiger partial charge in [-0.3, -0.25) is 5.32 Å². The summed E-state index contributed by atoms with van der Waals surface area (Å²) in [7, 11) is 0. The molecule has 0 saturated carbocycles. The highest BCUT2D eigenvalue weighted by Crippen LogP contribution is 2.36. The standard InChI is InChI=1S/C22H24INO5S/c1-14(5-3-4-6-20(26)27)21(18-13-15(23)7-12-19(18)25)29-22(28)24-16-8-10-17(30-2)11-9-16/h4,6-14,21,25H,3,5H2,1-2H3,(H,24,28)(H,26,27)/b6-4+/t14-,21+/m0/s1. The van der Waals surface area contributed by atoms with E-state index in [1.165, 1.54) is 0 Å². The Bertz CT molecular complexity index is 901. The summed E-state index contributed by atoms with van der Waals surface area (Å²) in [6.45, 7) is 1.90. The first-order valence-electron chi connectivity index (χ1n) is 9.29. The van der Waals surface area contributed by atoms with E-state index in [-0.39, 0.29) is 11.7 Å². The average Bonchev–Trinajstić information content (AvgIpc) is 2.71. The van der Waals surface area contributed by atoms with Gasteiger partial charge in [0.15, 0.2) is 0 Å². The number of aromatic hydroxyl groups is 1. The van der Waals surface area contributed by atoms with E-state index in [9.17, 15) is 14.7 Å². The van der Waals surface area contributed by atoms with Crippen LogP contribution in [0.4, 0.5) is 10.5 Å². The summed E-state index contributed by atoms with van der Waals surface area (Å²) in [6.07, 6.45) is 4.41. The number of benzene rings is 2. The molecule has 0 aromatic heterocycles. The van der Waals surface area contributed by atoms with Crippen molar-refractivity contribution in [2.45, 2.75) is 30.8 Å². The van der Waals surface area contributed by atoms with Crippen molar-refractivity contribution in [1.82, 2.24) is 0 Å². The number of rotatable bonds is 9. The van der Waals surface area contributed by atoms with Crippen LogP contribution >= 0.6 is 34.4 Å². The van der Waals surface area contributed by atoms with Crippen LogP contribution in [0.3, 0.4) is 0 Å². The number of carbonyl (C=O) groups is 2. The lowest BCUT2D eigenvalue weighted by Gasteiger charge is -2.25. The monoisotopic (exact) mass is 541 g/mol. The number of hydrogen-bond acceptors (Lipinski definition) is 5. The molecule has 0 unspecified atom stereocenters. The summed E-state index contributed by atoms with van der Waals surface area (Å²) in [5, 5.41) is 21.8. The maximum atomic E-state index is 12.6. The van der Waals surface area contributed by atoms with Crippen LogP contribution in [-0.4, -0.2) is 28.5 Å². The fourth-order valence-corrected chi connectivity index (χ4v) is 3.79. The number of carboxylic acids is 1. The molecule has 0 fully saturated rings. The van der Waals surface area contributed by atoms with Gasteiger partial charge in [-0.15, -0.1) is 11.8 Å². The molecule has 0 aliphatic carbocycles. The summed E-state index contributed by atoms with van der Waals surface area (Å²) in [4.78, 5) is 24.3. The molecule has 0 heterocycles. The highest BCUT2D eigenvalue weighted by Gasteiger charge is 2.26. The van der Waals surface area contributed by atoms with Crippen LogP contribution < -0.4 is 5.32 Å². The number of halogens is 1. The number of carbonyl (C=O) groups excluding carboxylic acids is 1. The molecule has 0 spiro atoms. The lowest BCUT2D eigenvalue weighted by atomic mass is 9.92. The largest absolute Gasteiger partial charge is 0.508 e. The lowest BCUT2D eigenvalue weighted by molar-refractivity contribution is -0.131. The third kappa shape index (κ3) is 7.56. The van der Waals surface area contributed by atoms with Gasteiger partial charge in [-0.2, -0.15) is 0 Å². The zero-order valence-corrected chi connectivity index (χ0v) is 19.6. The van der Waals surface area contributed by atoms with Gasteiger partial charge in [-0.1, -0.05) is 13.0 Å². The van der Waals surface area contributed by atoms with Crippen LogP contribution in [0, 0.1) is 9.49 Å². The average molecular weight is 541 g/mol. The van der Waals surface area contributed by atoms with Crippen molar-refractivity contribution >= 4 is 52.1 Å². The maximum absolute atomic E-state index is 12.6. The second kappa shape index (κ2) is 11.8. The molecule has 0 radical (unpaired) electrons. The first-order chi connectivity index (χ1) is 14.3. The van der Waals surface area contributed by atoms with Crippen molar-refractivity contribution in [3.05, 3.63) is 63.8 Å². The summed E-state index contributed by atoms with van der Waals surface area (Å²) in [6, 6.07) is 12.5. The van der Waals surface area contributed by atoms with Crippen molar-refractivity contribution < 1.29 is 24.5 Å². The van der Waals surface area contributed by atoms with Gasteiger partial charge in [0.05, 0.1) is 0 Å². The minimum Gasteiger partial charge on any atom is -0.508 e. The van der Waals surface area contributed by atoms with E-state index in [1.807, 2.05) is 25.3 Å². The molecule has 2 aromatic rings. The van der Waals surface area contributed by atoms with Crippen molar-refractivity contribution in [1.29, 1.82) is 0 Å². The molecule has 0 aliphatic heterocycles. The normalized spacial score (nSPS) is 13.0. The Morgan fingerprint density at radius 3 is 2.57 bits per heavy atom. The number of anilines is 1. The van der Waals surface area contributed by atoms with Gasteiger partial charge in [0.1, 0.15) is 11.9 Å². The molecule has 0 bridgehead atoms. The van der Waals surface area contributed by atoms with E-state index >= 15 is 0 Å². The molecule has 2 rings (SSSR count). The van der Waals surface area contributed by atoms with Crippen LogP contribution in [-0.2, 0) is 9.53 Å². The van der Waals surface area contributed by atoms with E-state index in [0.717, 1.165) is 14.5 Å². The zero-order chi connectivity index (χ0) is 22.1. The summed E-state index contributed by atoms with van der Waals surface area (Å²) in [5.41, 5.74) is 1.13. The van der Waals surface area contributed by atoms with Gasteiger partial charge in [0.25, 0.3) is 0 Å². The summed E-state index contributed by atoms with van der Waals surface area (Å²) >= 11 is 3.74. The smallest absolute Gasteiger partial charge is 0.412 e. The predicted octanol–water partition coefficient (Wildman–Crippen LogP) is 6.07. The van der Waals surface area contributed by atoms with Gasteiger partial charge >= 0.3 is 12.1 Å². The maximum Gasteiger partial charge on any atom is 0.412 e. The zero-order valence-electron chi connectivity index (χ0n) is 16.7. The number of amides is 1. The van der Waals surface area contributed by atoms with Crippen LogP contribution in [0.25, 0.3) is 0 Å². The molecule has 30 heavy (non-hydrogen) atoms. The number of nitrogens with one attached hydrogen (secondary N) is 1. The Balaban J connectivity index is 2.16. The number of phenolic OH excluding ortho intramolecular Hbond substituents is 1. The molecular formula is C22H24INO5S. The topological polar surface area (TPSA) is 95.9 Å². The molecule has 1 amide bonds. The Hall–Kier alpha value is -2.20. The third-order valence-corrected chi connectivity index (χ3v) is 5.85. The number of hydrogen-bond donors (Lipinski definition) is 3. The lowest BCUT2D eigenvalue weighted by Crippen LogP contribution is -2.22. The predicted molar refractivity (Wildman–Crippen MR) is 127 cm³/mol. The Kier molecular flexibility index (Phi) is 9.51. The summed E-state index contributed by atoms with van der Waals surface area (Å²) in [5.74, 6) is -1.11. The first kappa shape index (κ1) is 24.1. The van der Waals surface area contributed by atoms with Crippen molar-refractivity contribution in [2.75, 3.05) is 11.6 Å². The second-order valence-electron chi connectivity index (χ2n) is 6.68. The Labute approximate surface area is 193 Å². The van der Waals surface area contributed by atoms with Crippen LogP contribution in [0.5, 0.6) is 5.75 Å². The number of ether oxygens (including phenoxy) is 1. The van der Waals surface area contributed by atoms with Crippen molar-refractivity contribution in [2.24, 2.45) is 5.92 Å². The van der Waals surface area contributed by atoms with Gasteiger partial charge in [-0.05, 0) is 90.1 Å². The number of phenols is 1. The minimum absolute atomic E-state index is 0.0467. The highest BCUT2D eigenvalue weighted by atomic mass is 127. The van der Waals surface area contributed by atoms with E-state index in [0.29, 0.717) is 24.1 Å². The number of carboxylic acid groups (broad SMARTS) is 1. The quantitative estimate of drug-likeness (QED) is 0.203. The Morgan fingerprint density at radius 2 is 1.93 bits per heavy atom. The van der Waals surface area contributed by atoms with Crippen LogP contribution in [0.2, 0.25) is 0 Å². The van der Waals surface area contributed by atoms with Gasteiger partial charge in [0.2, 0.25) is 0 Å². The highest BCUT2D eigenvalue weighted by molar-refractivity contribution is 14.1. The molecule has 2 aromatic carbocycles. The van der Waals surface area contributed by atoms with Gasteiger partial charge < -0.3 is 14.9 Å². The van der Waals surface area contributed by atoms with Crippen LogP contribution in [0.15, 0.2) is 59.5 Å². The van der Waals surface area contributed by atoms with E-state index in [2.05, 4.69) is 27.9 Å². The van der Waals surface area contributed by atoms with Gasteiger partial charge in [0, 0.05) is 25.8 Å². The molecule has 2 atom stereocenters. The van der Waals surface area contributed by atoms with E-state index in [1.54, 1.807) is 48.2 Å². The van der Waals surface area contributed by atoms with Crippen molar-refractivity contribution in [3.8, 4) is 5.75 Å². The SMILES string of the molecule is CSc1ccc(NC(=O)O[C@@H](c2cc(I)ccc2O)[C@@H](C)CC/C=C/C(=O)O)cc1. The van der Waals surface area contributed by atoms with E-state index in [4.69, 9.17) is 9.84 Å². The molecule has 160 valence electrons. The van der Waals surface area contributed by atoms with Gasteiger partial charge in [-0.25, -0.2) is 9.59 Å². The molecule has 8 heteroatoms. The number of thioether (sulfide) groups is 1. The fourth-order valence-electron chi connectivity index (χ4n) is 2.87. The Morgan fingerprint density at radius 1 is 1.23 bits per heavy atom. The molecule has 0 aliphatic rings. The molecule has 3 N–H and O–H groups in total. The minimum atomic E-state index is -1.00.